The highest BCUT2D eigenvalue weighted by atomic mass is 19.4. The first kappa shape index (κ1) is 16.5. The van der Waals surface area contributed by atoms with Gasteiger partial charge in [-0.05, 0) is 6.42 Å². The fraction of sp³-hybridized carbons (Fsp3) is 0.778. The van der Waals surface area contributed by atoms with Crippen molar-refractivity contribution in [3.05, 3.63) is 0 Å². The van der Waals surface area contributed by atoms with Gasteiger partial charge in [-0.2, -0.15) is 26.3 Å². The van der Waals surface area contributed by atoms with Crippen molar-refractivity contribution in [2.24, 2.45) is 11.7 Å². The van der Waals surface area contributed by atoms with Crippen LogP contribution in [-0.4, -0.2) is 52.9 Å². The second kappa shape index (κ2) is 4.79. The lowest BCUT2D eigenvalue weighted by Crippen LogP contribution is -2.53. The molecule has 0 spiro atoms. The molecule has 1 aliphatic heterocycles. The molecule has 0 aromatic carbocycles. The molecule has 1 atom stereocenters. The van der Waals surface area contributed by atoms with Crippen molar-refractivity contribution in [3.8, 4) is 0 Å². The molecule has 0 bridgehead atoms. The Morgan fingerprint density at radius 2 is 1.60 bits per heavy atom. The van der Waals surface area contributed by atoms with Crippen molar-refractivity contribution in [2.45, 2.75) is 24.3 Å². The summed E-state index contributed by atoms with van der Waals surface area (Å²) < 4.78 is 74.1. The smallest absolute Gasteiger partial charge is 0.409 e. The topological polar surface area (TPSA) is 83.6 Å². The second-order valence-electron chi connectivity index (χ2n) is 4.49. The molecule has 20 heavy (non-hydrogen) atoms. The minimum atomic E-state index is -5.81. The number of rotatable bonds is 2. The van der Waals surface area contributed by atoms with E-state index < -0.39 is 55.2 Å². The molecule has 0 radical (unpaired) electrons. The lowest BCUT2D eigenvalue weighted by atomic mass is 10.0. The molecule has 1 saturated heterocycles. The van der Waals surface area contributed by atoms with Crippen LogP contribution in [0.5, 0.6) is 0 Å². The number of likely N-dealkylation sites (tertiary alicyclic amines) is 1. The number of hydrogen-bond donors (Lipinski definition) is 2. The highest BCUT2D eigenvalue weighted by molar-refractivity contribution is 5.84. The summed E-state index contributed by atoms with van der Waals surface area (Å²) in [5, 5.41) is 8.72. The second-order valence-corrected chi connectivity index (χ2v) is 4.49. The molecule has 1 heterocycles. The van der Waals surface area contributed by atoms with Crippen molar-refractivity contribution in [2.75, 3.05) is 13.1 Å². The fourth-order valence-corrected chi connectivity index (χ4v) is 1.84. The third kappa shape index (κ3) is 3.14. The van der Waals surface area contributed by atoms with E-state index in [1.165, 1.54) is 0 Å². The van der Waals surface area contributed by atoms with E-state index in [0.717, 1.165) is 0 Å². The first-order valence-electron chi connectivity index (χ1n) is 5.23. The number of carboxylic acids is 1. The van der Waals surface area contributed by atoms with Gasteiger partial charge in [-0.15, -0.1) is 0 Å². The van der Waals surface area contributed by atoms with Gasteiger partial charge in [-0.3, -0.25) is 9.59 Å². The number of hydrogen-bond acceptors (Lipinski definition) is 3. The van der Waals surface area contributed by atoms with Crippen molar-refractivity contribution < 1.29 is 41.0 Å². The first-order valence-corrected chi connectivity index (χ1v) is 5.23. The van der Waals surface area contributed by atoms with E-state index in [1.807, 2.05) is 0 Å². The minimum Gasteiger partial charge on any atom is -0.480 e. The van der Waals surface area contributed by atoms with Gasteiger partial charge < -0.3 is 15.7 Å². The SMILES string of the molecule is NC1(C(=O)O)CCN(C(=O)C(C(F)(F)F)C(F)(F)F)C1. The molecule has 1 rings (SSSR count). The lowest BCUT2D eigenvalue weighted by Gasteiger charge is -2.27. The van der Waals surface area contributed by atoms with E-state index in [2.05, 4.69) is 0 Å². The third-order valence-electron chi connectivity index (χ3n) is 2.94. The quantitative estimate of drug-likeness (QED) is 0.737. The Labute approximate surface area is 108 Å². The molecule has 0 saturated carbocycles. The predicted molar refractivity (Wildman–Crippen MR) is 51.4 cm³/mol. The van der Waals surface area contributed by atoms with Gasteiger partial charge in [-0.25, -0.2) is 0 Å². The number of nitrogens with zero attached hydrogens (tertiary/aromatic N) is 1. The number of carboxylic acid groups (broad SMARTS) is 1. The number of carbonyl (C=O) groups excluding carboxylic acids is 1. The zero-order valence-corrected chi connectivity index (χ0v) is 9.75. The van der Waals surface area contributed by atoms with Crippen LogP contribution >= 0.6 is 0 Å². The van der Waals surface area contributed by atoms with E-state index >= 15 is 0 Å². The van der Waals surface area contributed by atoms with Crippen molar-refractivity contribution in [1.29, 1.82) is 0 Å². The van der Waals surface area contributed by atoms with Gasteiger partial charge in [0.15, 0.2) is 0 Å². The number of carbonyl (C=O) groups is 2. The van der Waals surface area contributed by atoms with Crippen LogP contribution in [-0.2, 0) is 9.59 Å². The van der Waals surface area contributed by atoms with Crippen LogP contribution in [0.15, 0.2) is 0 Å². The summed E-state index contributed by atoms with van der Waals surface area (Å²) >= 11 is 0. The Bertz CT molecular complexity index is 407. The minimum absolute atomic E-state index is 0.180. The Balaban J connectivity index is 2.97. The van der Waals surface area contributed by atoms with Gasteiger partial charge in [0.05, 0.1) is 0 Å². The van der Waals surface area contributed by atoms with E-state index in [9.17, 15) is 35.9 Å². The lowest BCUT2D eigenvalue weighted by molar-refractivity contribution is -0.277. The molecule has 0 aromatic rings. The maximum atomic E-state index is 12.4. The summed E-state index contributed by atoms with van der Waals surface area (Å²) in [6.45, 7) is -1.48. The van der Waals surface area contributed by atoms with Crippen molar-refractivity contribution in [3.63, 3.8) is 0 Å². The molecule has 0 aliphatic carbocycles. The molecule has 116 valence electrons. The van der Waals surface area contributed by atoms with Crippen molar-refractivity contribution >= 4 is 11.9 Å². The molecule has 0 aromatic heterocycles. The number of alkyl halides is 6. The molecule has 5 nitrogen and oxygen atoms in total. The number of nitrogens with two attached hydrogens (primary N) is 1. The molecule has 1 unspecified atom stereocenters. The van der Waals surface area contributed by atoms with E-state index in [4.69, 9.17) is 10.8 Å². The van der Waals surface area contributed by atoms with Crippen molar-refractivity contribution in [1.82, 2.24) is 4.90 Å². The Kier molecular flexibility index (Phi) is 3.96. The average Bonchev–Trinajstić information content (AvgIpc) is 2.57. The highest BCUT2D eigenvalue weighted by Crippen LogP contribution is 2.41. The average molecular weight is 308 g/mol. The van der Waals surface area contributed by atoms with Gasteiger partial charge in [0, 0.05) is 13.1 Å². The molecular formula is C9H10F6N2O3. The van der Waals surface area contributed by atoms with Crippen LogP contribution in [0.1, 0.15) is 6.42 Å². The summed E-state index contributed by atoms with van der Waals surface area (Å²) in [6.07, 6.45) is -12.0. The Morgan fingerprint density at radius 1 is 1.15 bits per heavy atom. The molecule has 11 heteroatoms. The summed E-state index contributed by atoms with van der Waals surface area (Å²) in [5.41, 5.74) is 3.26. The van der Waals surface area contributed by atoms with E-state index in [1.54, 1.807) is 0 Å². The normalized spacial score (nSPS) is 24.3. The highest BCUT2D eigenvalue weighted by Gasteiger charge is 2.63. The summed E-state index contributed by atoms with van der Waals surface area (Å²) in [5.74, 6) is -8.01. The zero-order valence-electron chi connectivity index (χ0n) is 9.75. The van der Waals surface area contributed by atoms with Crippen LogP contribution < -0.4 is 5.73 Å². The van der Waals surface area contributed by atoms with E-state index in [0.29, 0.717) is 0 Å². The van der Waals surface area contributed by atoms with Gasteiger partial charge in [0.25, 0.3) is 0 Å². The Morgan fingerprint density at radius 3 is 1.90 bits per heavy atom. The number of amides is 1. The number of halogens is 6. The van der Waals surface area contributed by atoms with Gasteiger partial charge in [-0.1, -0.05) is 0 Å². The molecule has 1 amide bonds. The first-order chi connectivity index (χ1) is 8.79. The fourth-order valence-electron chi connectivity index (χ4n) is 1.84. The van der Waals surface area contributed by atoms with Crippen LogP contribution in [0, 0.1) is 5.92 Å². The van der Waals surface area contributed by atoms with E-state index in [-0.39, 0.29) is 4.90 Å². The molecular weight excluding hydrogens is 298 g/mol. The predicted octanol–water partition coefficient (Wildman–Crippen LogP) is 0.742. The zero-order chi connectivity index (χ0) is 15.9. The van der Waals surface area contributed by atoms with Gasteiger partial charge >= 0.3 is 18.3 Å². The third-order valence-corrected chi connectivity index (χ3v) is 2.94. The summed E-state index contributed by atoms with van der Waals surface area (Å²) in [4.78, 5) is 22.3. The largest absolute Gasteiger partial charge is 0.480 e. The molecule has 1 fully saturated rings. The maximum Gasteiger partial charge on any atom is 0.409 e. The molecule has 1 aliphatic rings. The van der Waals surface area contributed by atoms with Gasteiger partial charge in [0.1, 0.15) is 5.54 Å². The van der Waals surface area contributed by atoms with Crippen LogP contribution in [0.2, 0.25) is 0 Å². The Hall–Kier alpha value is -1.52. The standard InChI is InChI=1S/C9H10F6N2O3/c10-8(11,12)4(9(13,14)15)5(18)17-2-1-7(16,3-17)6(19)20/h4H,1-3,16H2,(H,19,20). The number of aliphatic carboxylic acids is 1. The summed E-state index contributed by atoms with van der Waals surface area (Å²) in [7, 11) is 0. The maximum absolute atomic E-state index is 12.4. The van der Waals surface area contributed by atoms with Crippen LogP contribution in [0.25, 0.3) is 0 Å². The van der Waals surface area contributed by atoms with Gasteiger partial charge in [0.2, 0.25) is 11.8 Å². The summed E-state index contributed by atoms with van der Waals surface area (Å²) in [6, 6.07) is 0. The van der Waals surface area contributed by atoms with Crippen LogP contribution in [0.4, 0.5) is 26.3 Å². The monoisotopic (exact) mass is 308 g/mol. The molecule has 3 N–H and O–H groups in total. The van der Waals surface area contributed by atoms with Crippen LogP contribution in [0.3, 0.4) is 0 Å².